The molecule has 1 fully saturated rings. The topological polar surface area (TPSA) is 59.0 Å². The molecule has 1 aliphatic carbocycles. The molecular weight excluding hydrogens is 258 g/mol. The van der Waals surface area contributed by atoms with Gasteiger partial charge in [0.1, 0.15) is 6.61 Å². The van der Waals surface area contributed by atoms with Crippen LogP contribution in [0, 0.1) is 0 Å². The largest absolute Gasteiger partial charge is 0.504 e. The van der Waals surface area contributed by atoms with Crippen molar-refractivity contribution in [3.63, 3.8) is 0 Å². The van der Waals surface area contributed by atoms with E-state index < -0.39 is 0 Å². The molecule has 1 N–H and O–H groups in total. The Morgan fingerprint density at radius 1 is 1.45 bits per heavy atom. The van der Waals surface area contributed by atoms with Gasteiger partial charge in [-0.15, -0.1) is 0 Å². The number of nitrogens with zero attached hydrogens (tertiary/aromatic N) is 1. The van der Waals surface area contributed by atoms with E-state index in [1.165, 1.54) is 7.11 Å². The minimum atomic E-state index is 0.0152. The van der Waals surface area contributed by atoms with E-state index >= 15 is 0 Å². The number of carbonyl (C=O) groups is 1. The Hall–Kier alpha value is -1.75. The summed E-state index contributed by atoms with van der Waals surface area (Å²) in [4.78, 5) is 14.0. The number of hydrogen-bond donors (Lipinski definition) is 1. The molecule has 5 heteroatoms. The summed E-state index contributed by atoms with van der Waals surface area (Å²) in [5.41, 5.74) is 0.941. The fourth-order valence-corrected chi connectivity index (χ4v) is 2.10. The van der Waals surface area contributed by atoms with Crippen LogP contribution in [0.2, 0.25) is 0 Å². The van der Waals surface area contributed by atoms with Crippen LogP contribution in [0.3, 0.4) is 0 Å². The summed E-state index contributed by atoms with van der Waals surface area (Å²) in [5, 5.41) is 9.59. The van der Waals surface area contributed by atoms with E-state index in [1.54, 1.807) is 18.2 Å². The zero-order valence-corrected chi connectivity index (χ0v) is 12.0. The maximum absolute atomic E-state index is 12.1. The lowest BCUT2D eigenvalue weighted by atomic mass is 10.2. The molecule has 0 atom stereocenters. The second kappa shape index (κ2) is 6.61. The molecule has 0 heterocycles. The Kier molecular flexibility index (Phi) is 4.84. The Labute approximate surface area is 119 Å². The van der Waals surface area contributed by atoms with Crippen molar-refractivity contribution >= 4 is 5.91 Å². The van der Waals surface area contributed by atoms with Gasteiger partial charge < -0.3 is 19.5 Å². The van der Waals surface area contributed by atoms with Crippen molar-refractivity contribution < 1.29 is 19.4 Å². The van der Waals surface area contributed by atoms with Gasteiger partial charge in [-0.25, -0.2) is 0 Å². The molecule has 1 aromatic carbocycles. The van der Waals surface area contributed by atoms with Crippen LogP contribution in [-0.4, -0.2) is 42.3 Å². The minimum Gasteiger partial charge on any atom is -0.504 e. The van der Waals surface area contributed by atoms with Gasteiger partial charge in [0, 0.05) is 19.2 Å². The zero-order chi connectivity index (χ0) is 14.5. The molecule has 0 unspecified atom stereocenters. The van der Waals surface area contributed by atoms with Crippen LogP contribution in [-0.2, 0) is 16.1 Å². The molecule has 20 heavy (non-hydrogen) atoms. The van der Waals surface area contributed by atoms with Crippen molar-refractivity contribution in [2.75, 3.05) is 20.3 Å². The molecule has 0 aliphatic heterocycles. The maximum Gasteiger partial charge on any atom is 0.249 e. The van der Waals surface area contributed by atoms with Crippen molar-refractivity contribution in [3.05, 3.63) is 23.8 Å². The van der Waals surface area contributed by atoms with Crippen molar-refractivity contribution in [1.29, 1.82) is 0 Å². The van der Waals surface area contributed by atoms with Crippen molar-refractivity contribution in [2.24, 2.45) is 0 Å². The first-order valence-electron chi connectivity index (χ1n) is 6.88. The van der Waals surface area contributed by atoms with Crippen LogP contribution in [0.4, 0.5) is 0 Å². The van der Waals surface area contributed by atoms with E-state index in [1.807, 2.05) is 11.8 Å². The molecule has 1 amide bonds. The number of methoxy groups -OCH3 is 1. The van der Waals surface area contributed by atoms with Gasteiger partial charge in [0.25, 0.3) is 0 Å². The van der Waals surface area contributed by atoms with Crippen molar-refractivity contribution in [2.45, 2.75) is 32.4 Å². The fraction of sp³-hybridized carbons (Fsp3) is 0.533. The molecule has 0 bridgehead atoms. The molecule has 2 rings (SSSR count). The van der Waals surface area contributed by atoms with Crippen LogP contribution in [0.1, 0.15) is 25.3 Å². The summed E-state index contributed by atoms with van der Waals surface area (Å²) >= 11 is 0. The van der Waals surface area contributed by atoms with Gasteiger partial charge in [-0.05, 0) is 37.5 Å². The molecule has 1 aliphatic rings. The zero-order valence-electron chi connectivity index (χ0n) is 12.0. The normalized spacial score (nSPS) is 14.1. The number of benzene rings is 1. The van der Waals surface area contributed by atoms with Crippen LogP contribution in [0.5, 0.6) is 11.5 Å². The number of hydrogen-bond acceptors (Lipinski definition) is 4. The van der Waals surface area contributed by atoms with Gasteiger partial charge in [0.2, 0.25) is 5.91 Å². The molecule has 1 saturated carbocycles. The molecule has 0 radical (unpaired) electrons. The molecule has 110 valence electrons. The average Bonchev–Trinajstić information content (AvgIpc) is 3.28. The van der Waals surface area contributed by atoms with Crippen molar-refractivity contribution in [3.8, 4) is 11.5 Å². The predicted molar refractivity (Wildman–Crippen MR) is 74.7 cm³/mol. The molecule has 1 aromatic rings. The molecular formula is C15H21NO4. The van der Waals surface area contributed by atoms with E-state index in [9.17, 15) is 9.90 Å². The van der Waals surface area contributed by atoms with Crippen LogP contribution < -0.4 is 4.74 Å². The summed E-state index contributed by atoms with van der Waals surface area (Å²) in [6, 6.07) is 5.48. The fourth-order valence-electron chi connectivity index (χ4n) is 2.10. The van der Waals surface area contributed by atoms with Gasteiger partial charge in [-0.3, -0.25) is 4.79 Å². The second-order valence-electron chi connectivity index (χ2n) is 4.90. The smallest absolute Gasteiger partial charge is 0.249 e. The highest BCUT2D eigenvalue weighted by atomic mass is 16.5. The number of phenols is 1. The third-order valence-corrected chi connectivity index (χ3v) is 3.33. The second-order valence-corrected chi connectivity index (χ2v) is 4.90. The summed E-state index contributed by atoms with van der Waals surface area (Å²) in [6.45, 7) is 3.06. The van der Waals surface area contributed by atoms with Crippen LogP contribution in [0.15, 0.2) is 18.2 Å². The molecule has 0 aromatic heterocycles. The molecule has 0 saturated heterocycles. The van der Waals surface area contributed by atoms with Crippen molar-refractivity contribution in [1.82, 2.24) is 4.90 Å². The molecule has 5 nitrogen and oxygen atoms in total. The predicted octanol–water partition coefficient (Wildman–Crippen LogP) is 1.93. The third-order valence-electron chi connectivity index (χ3n) is 3.33. The number of carbonyl (C=O) groups excluding carboxylic acids is 1. The summed E-state index contributed by atoms with van der Waals surface area (Å²) in [5.74, 6) is 0.548. The van der Waals surface area contributed by atoms with Crippen LogP contribution >= 0.6 is 0 Å². The summed E-state index contributed by atoms with van der Waals surface area (Å²) in [6.07, 6.45) is 2.10. The Morgan fingerprint density at radius 3 is 2.80 bits per heavy atom. The Balaban J connectivity index is 2.06. The SMILES string of the molecule is CCOCC(=O)N(Cc1ccc(O)c(OC)c1)C1CC1. The average molecular weight is 279 g/mol. The lowest BCUT2D eigenvalue weighted by Gasteiger charge is -2.22. The number of amides is 1. The summed E-state index contributed by atoms with van der Waals surface area (Å²) in [7, 11) is 1.51. The van der Waals surface area contributed by atoms with E-state index in [2.05, 4.69) is 0 Å². The Morgan fingerprint density at radius 2 is 2.20 bits per heavy atom. The van der Waals surface area contributed by atoms with Gasteiger partial charge in [-0.1, -0.05) is 6.07 Å². The number of phenolic OH excluding ortho intramolecular Hbond substituents is 1. The van der Waals surface area contributed by atoms with E-state index in [-0.39, 0.29) is 18.3 Å². The first-order valence-corrected chi connectivity index (χ1v) is 6.88. The van der Waals surface area contributed by atoms with E-state index in [0.717, 1.165) is 18.4 Å². The Bertz CT molecular complexity index is 471. The van der Waals surface area contributed by atoms with E-state index in [4.69, 9.17) is 9.47 Å². The number of ether oxygens (including phenoxy) is 2. The minimum absolute atomic E-state index is 0.0152. The molecule has 0 spiro atoms. The van der Waals surface area contributed by atoms with Gasteiger partial charge in [0.05, 0.1) is 7.11 Å². The quantitative estimate of drug-likeness (QED) is 0.828. The highest BCUT2D eigenvalue weighted by Gasteiger charge is 2.32. The number of aromatic hydroxyl groups is 1. The third kappa shape index (κ3) is 3.63. The maximum atomic E-state index is 12.1. The standard InChI is InChI=1S/C15H21NO4/c1-3-20-10-15(18)16(12-5-6-12)9-11-4-7-13(17)14(8-11)19-2/h4,7-8,12,17H,3,5-6,9-10H2,1-2H3. The van der Waals surface area contributed by atoms with Gasteiger partial charge in [0.15, 0.2) is 11.5 Å². The highest BCUT2D eigenvalue weighted by molar-refractivity contribution is 5.78. The summed E-state index contributed by atoms with van der Waals surface area (Å²) < 4.78 is 10.3. The van der Waals surface area contributed by atoms with E-state index in [0.29, 0.717) is 24.9 Å². The van der Waals surface area contributed by atoms with Crippen LogP contribution in [0.25, 0.3) is 0 Å². The highest BCUT2D eigenvalue weighted by Crippen LogP contribution is 2.31. The monoisotopic (exact) mass is 279 g/mol. The number of rotatable bonds is 7. The lowest BCUT2D eigenvalue weighted by molar-refractivity contribution is -0.137. The first-order chi connectivity index (χ1) is 9.65. The van der Waals surface area contributed by atoms with Gasteiger partial charge in [-0.2, -0.15) is 0 Å². The first kappa shape index (κ1) is 14.7. The van der Waals surface area contributed by atoms with Gasteiger partial charge >= 0.3 is 0 Å². The lowest BCUT2D eigenvalue weighted by Crippen LogP contribution is -2.35.